The number of aliphatic hydroxyl groups is 1. The molecule has 1 aliphatic carbocycles. The third kappa shape index (κ3) is 3.78. The van der Waals surface area contributed by atoms with Crippen LogP contribution in [0.4, 0.5) is 4.39 Å². The molecule has 0 unspecified atom stereocenters. The standard InChI is InChI=1S/C18H24BFN2O3/c1-17(2,23)18(3,4)25-19(24)15-11-22(14-9-10-14)21-16(15)12-5-7-13(20)8-6-12/h5-8,11,14,23-24H,9-10H2,1-4H3. The number of aromatic nitrogens is 2. The summed E-state index contributed by atoms with van der Waals surface area (Å²) in [6, 6.07) is 6.33. The normalized spacial score (nSPS) is 15.5. The summed E-state index contributed by atoms with van der Waals surface area (Å²) >= 11 is 0. The Balaban J connectivity index is 1.95. The molecule has 25 heavy (non-hydrogen) atoms. The topological polar surface area (TPSA) is 67.5 Å². The summed E-state index contributed by atoms with van der Waals surface area (Å²) in [4.78, 5) is 0. The minimum absolute atomic E-state index is 0.327. The molecule has 5 nitrogen and oxygen atoms in total. The van der Waals surface area contributed by atoms with Crippen LogP contribution in [-0.4, -0.2) is 38.2 Å². The van der Waals surface area contributed by atoms with E-state index < -0.39 is 18.3 Å². The summed E-state index contributed by atoms with van der Waals surface area (Å²) in [6.45, 7) is 6.71. The van der Waals surface area contributed by atoms with Gasteiger partial charge in [0, 0.05) is 17.2 Å². The van der Waals surface area contributed by atoms with Crippen LogP contribution >= 0.6 is 0 Å². The molecule has 3 rings (SSSR count). The molecule has 1 aromatic carbocycles. The maximum atomic E-state index is 13.2. The number of benzene rings is 1. The predicted octanol–water partition coefficient (Wildman–Crippen LogP) is 2.28. The lowest BCUT2D eigenvalue weighted by molar-refractivity contribution is -0.0982. The van der Waals surface area contributed by atoms with Gasteiger partial charge in [0.05, 0.1) is 22.9 Å². The Hall–Kier alpha value is -1.70. The first kappa shape index (κ1) is 18.1. The maximum Gasteiger partial charge on any atom is 0.495 e. The number of rotatable bonds is 6. The van der Waals surface area contributed by atoms with E-state index in [1.54, 1.807) is 46.0 Å². The molecular formula is C18H24BFN2O3. The van der Waals surface area contributed by atoms with Crippen LogP contribution in [-0.2, 0) is 4.65 Å². The van der Waals surface area contributed by atoms with Crippen molar-refractivity contribution < 1.29 is 19.2 Å². The van der Waals surface area contributed by atoms with E-state index in [0.29, 0.717) is 22.8 Å². The van der Waals surface area contributed by atoms with Crippen LogP contribution in [0, 0.1) is 5.82 Å². The van der Waals surface area contributed by atoms with E-state index in [0.717, 1.165) is 12.8 Å². The van der Waals surface area contributed by atoms with Crippen molar-refractivity contribution in [3.05, 3.63) is 36.3 Å². The highest BCUT2D eigenvalue weighted by Crippen LogP contribution is 2.35. The summed E-state index contributed by atoms with van der Waals surface area (Å²) in [5.74, 6) is -0.327. The van der Waals surface area contributed by atoms with Gasteiger partial charge in [-0.1, -0.05) is 0 Å². The molecule has 0 atom stereocenters. The van der Waals surface area contributed by atoms with Crippen LogP contribution in [0.15, 0.2) is 30.5 Å². The number of hydrogen-bond donors (Lipinski definition) is 2. The molecule has 2 N–H and O–H groups in total. The SMILES string of the molecule is CC(C)(O)C(C)(C)OB(O)c1cn(C2CC2)nc1-c1ccc(F)cc1. The van der Waals surface area contributed by atoms with Gasteiger partial charge in [0.15, 0.2) is 0 Å². The fourth-order valence-electron chi connectivity index (χ4n) is 2.43. The molecule has 1 fully saturated rings. The molecule has 7 heteroatoms. The zero-order valence-corrected chi connectivity index (χ0v) is 15.0. The molecule has 0 bridgehead atoms. The smallest absolute Gasteiger partial charge is 0.423 e. The van der Waals surface area contributed by atoms with Gasteiger partial charge in [-0.15, -0.1) is 0 Å². The van der Waals surface area contributed by atoms with Crippen molar-refractivity contribution in [2.24, 2.45) is 0 Å². The Morgan fingerprint density at radius 1 is 1.20 bits per heavy atom. The minimum atomic E-state index is -1.26. The van der Waals surface area contributed by atoms with Crippen LogP contribution in [0.5, 0.6) is 0 Å². The lowest BCUT2D eigenvalue weighted by atomic mass is 9.75. The highest BCUT2D eigenvalue weighted by atomic mass is 19.1. The van der Waals surface area contributed by atoms with Crippen LogP contribution < -0.4 is 5.46 Å². The molecule has 0 radical (unpaired) electrons. The molecular weight excluding hydrogens is 322 g/mol. The van der Waals surface area contributed by atoms with E-state index in [1.165, 1.54) is 12.1 Å². The molecule has 134 valence electrons. The van der Waals surface area contributed by atoms with Gasteiger partial charge in [0.2, 0.25) is 0 Å². The van der Waals surface area contributed by atoms with Gasteiger partial charge >= 0.3 is 7.12 Å². The quantitative estimate of drug-likeness (QED) is 0.788. The highest BCUT2D eigenvalue weighted by Gasteiger charge is 2.41. The van der Waals surface area contributed by atoms with E-state index in [2.05, 4.69) is 5.10 Å². The first-order chi connectivity index (χ1) is 11.6. The summed E-state index contributed by atoms with van der Waals surface area (Å²) < 4.78 is 20.8. The monoisotopic (exact) mass is 346 g/mol. The van der Waals surface area contributed by atoms with Crippen molar-refractivity contribution in [3.63, 3.8) is 0 Å². The van der Waals surface area contributed by atoms with E-state index in [4.69, 9.17) is 4.65 Å². The zero-order valence-electron chi connectivity index (χ0n) is 15.0. The summed E-state index contributed by atoms with van der Waals surface area (Å²) in [7, 11) is -1.26. The average Bonchev–Trinajstić information content (AvgIpc) is 3.25. The van der Waals surface area contributed by atoms with Gasteiger partial charge in [0.1, 0.15) is 5.82 Å². The van der Waals surface area contributed by atoms with Crippen molar-refractivity contribution in [3.8, 4) is 11.3 Å². The average molecular weight is 346 g/mol. The Morgan fingerprint density at radius 3 is 2.32 bits per heavy atom. The van der Waals surface area contributed by atoms with Gasteiger partial charge in [-0.25, -0.2) is 4.39 Å². The van der Waals surface area contributed by atoms with Gasteiger partial charge in [-0.05, 0) is 64.8 Å². The van der Waals surface area contributed by atoms with Crippen molar-refractivity contribution in [1.82, 2.24) is 9.78 Å². The lowest BCUT2D eigenvalue weighted by Gasteiger charge is -2.38. The molecule has 0 saturated heterocycles. The maximum absolute atomic E-state index is 13.2. The third-order valence-electron chi connectivity index (χ3n) is 4.94. The van der Waals surface area contributed by atoms with Crippen molar-refractivity contribution in [2.75, 3.05) is 0 Å². The molecule has 1 saturated carbocycles. The molecule has 1 aromatic heterocycles. The second kappa shape index (κ2) is 6.23. The highest BCUT2D eigenvalue weighted by molar-refractivity contribution is 6.61. The Kier molecular flexibility index (Phi) is 4.51. The van der Waals surface area contributed by atoms with Crippen LogP contribution in [0.25, 0.3) is 11.3 Å². The van der Waals surface area contributed by atoms with Gasteiger partial charge in [-0.2, -0.15) is 5.10 Å². The van der Waals surface area contributed by atoms with Crippen molar-refractivity contribution >= 4 is 12.6 Å². The molecule has 1 aliphatic rings. The summed E-state index contributed by atoms with van der Waals surface area (Å²) in [5.41, 5.74) is -0.341. The van der Waals surface area contributed by atoms with Gasteiger partial charge < -0.3 is 14.8 Å². The fraction of sp³-hybridized carbons (Fsp3) is 0.500. The summed E-state index contributed by atoms with van der Waals surface area (Å²) in [6.07, 6.45) is 3.88. The number of nitrogens with zero attached hydrogens (tertiary/aromatic N) is 2. The van der Waals surface area contributed by atoms with E-state index in [-0.39, 0.29) is 5.82 Å². The predicted molar refractivity (Wildman–Crippen MR) is 95.0 cm³/mol. The molecule has 0 amide bonds. The second-order valence-corrected chi connectivity index (χ2v) is 7.69. The van der Waals surface area contributed by atoms with Crippen molar-refractivity contribution in [1.29, 1.82) is 0 Å². The van der Waals surface area contributed by atoms with Crippen LogP contribution in [0.2, 0.25) is 0 Å². The van der Waals surface area contributed by atoms with Crippen molar-refractivity contribution in [2.45, 2.75) is 57.8 Å². The van der Waals surface area contributed by atoms with Crippen LogP contribution in [0.1, 0.15) is 46.6 Å². The second-order valence-electron chi connectivity index (χ2n) is 7.69. The molecule has 0 aliphatic heterocycles. The molecule has 0 spiro atoms. The Morgan fingerprint density at radius 2 is 1.80 bits per heavy atom. The van der Waals surface area contributed by atoms with Crippen LogP contribution in [0.3, 0.4) is 0 Å². The fourth-order valence-corrected chi connectivity index (χ4v) is 2.43. The lowest BCUT2D eigenvalue weighted by Crippen LogP contribution is -2.53. The molecule has 2 aromatic rings. The summed E-state index contributed by atoms with van der Waals surface area (Å²) in [5, 5.41) is 25.5. The number of hydrogen-bond acceptors (Lipinski definition) is 4. The Labute approximate surface area is 147 Å². The largest absolute Gasteiger partial charge is 0.495 e. The zero-order chi connectivity index (χ0) is 18.4. The van der Waals surface area contributed by atoms with Gasteiger partial charge in [0.25, 0.3) is 0 Å². The van der Waals surface area contributed by atoms with E-state index in [9.17, 15) is 14.5 Å². The first-order valence-corrected chi connectivity index (χ1v) is 8.52. The minimum Gasteiger partial charge on any atom is -0.423 e. The number of halogens is 1. The first-order valence-electron chi connectivity index (χ1n) is 8.52. The van der Waals surface area contributed by atoms with E-state index in [1.807, 2.05) is 4.68 Å². The Bertz CT molecular complexity index is 749. The van der Waals surface area contributed by atoms with Gasteiger partial charge in [-0.3, -0.25) is 4.68 Å². The van der Waals surface area contributed by atoms with E-state index >= 15 is 0 Å². The third-order valence-corrected chi connectivity index (χ3v) is 4.94. The molecule has 1 heterocycles.